The predicted molar refractivity (Wildman–Crippen MR) is 106 cm³/mol. The number of para-hydroxylation sites is 1. The van der Waals surface area contributed by atoms with Gasteiger partial charge in [0.25, 0.3) is 0 Å². The van der Waals surface area contributed by atoms with E-state index in [0.717, 1.165) is 39.4 Å². The molecule has 0 spiro atoms. The third kappa shape index (κ3) is 3.10. The van der Waals surface area contributed by atoms with Gasteiger partial charge in [0.2, 0.25) is 0 Å². The smallest absolute Gasteiger partial charge is 0.191 e. The van der Waals surface area contributed by atoms with Crippen LogP contribution < -0.4 is 0 Å². The lowest BCUT2D eigenvalue weighted by atomic mass is 10.2. The van der Waals surface area contributed by atoms with Gasteiger partial charge in [-0.05, 0) is 32.0 Å². The first-order valence-electron chi connectivity index (χ1n) is 8.70. The Morgan fingerprint density at radius 2 is 1.93 bits per heavy atom. The van der Waals surface area contributed by atoms with Crippen molar-refractivity contribution in [1.82, 2.24) is 24.5 Å². The Morgan fingerprint density at radius 1 is 1.14 bits per heavy atom. The van der Waals surface area contributed by atoms with E-state index >= 15 is 0 Å². The number of furan rings is 1. The summed E-state index contributed by atoms with van der Waals surface area (Å²) >= 11 is 1.52. The molecule has 0 amide bonds. The average molecular weight is 390 g/mol. The van der Waals surface area contributed by atoms with E-state index in [-0.39, 0.29) is 0 Å². The predicted octanol–water partition coefficient (Wildman–Crippen LogP) is 4.04. The van der Waals surface area contributed by atoms with Crippen molar-refractivity contribution in [2.45, 2.75) is 24.8 Å². The van der Waals surface area contributed by atoms with E-state index < -0.39 is 0 Å². The van der Waals surface area contributed by atoms with Gasteiger partial charge in [-0.2, -0.15) is 10.4 Å². The fourth-order valence-corrected chi connectivity index (χ4v) is 3.97. The number of aryl methyl sites for hydroxylation is 2. The molecule has 8 heteroatoms. The van der Waals surface area contributed by atoms with Crippen molar-refractivity contribution in [1.29, 1.82) is 5.26 Å². The van der Waals surface area contributed by atoms with Gasteiger partial charge in [0.05, 0.1) is 34.5 Å². The third-order valence-corrected chi connectivity index (χ3v) is 5.57. The van der Waals surface area contributed by atoms with E-state index in [2.05, 4.69) is 21.4 Å². The zero-order valence-corrected chi connectivity index (χ0v) is 16.6. The van der Waals surface area contributed by atoms with E-state index in [9.17, 15) is 5.26 Å². The maximum atomic E-state index is 9.61. The molecule has 0 saturated heterocycles. The highest BCUT2D eigenvalue weighted by Crippen LogP contribution is 2.29. The highest BCUT2D eigenvalue weighted by atomic mass is 32.2. The van der Waals surface area contributed by atoms with Crippen LogP contribution in [-0.2, 0) is 12.8 Å². The van der Waals surface area contributed by atoms with Crippen LogP contribution in [0.25, 0.3) is 17.1 Å². The molecule has 28 heavy (non-hydrogen) atoms. The standard InChI is InChI=1S/C20H18N6OS/c1-13-17(11-21)18(26(24-13)15-7-5-4-6-8-15)12-28-20-23-22-19(25(20)3)16-9-10-27-14(16)2/h4-10H,12H2,1-3H3. The first-order valence-corrected chi connectivity index (χ1v) is 9.69. The van der Waals surface area contributed by atoms with Crippen molar-refractivity contribution < 1.29 is 4.42 Å². The van der Waals surface area contributed by atoms with E-state index in [1.165, 1.54) is 11.8 Å². The van der Waals surface area contributed by atoms with Crippen LogP contribution in [0.1, 0.15) is 22.7 Å². The van der Waals surface area contributed by atoms with Crippen LogP contribution in [0, 0.1) is 25.2 Å². The summed E-state index contributed by atoms with van der Waals surface area (Å²) in [6.45, 7) is 3.76. The molecule has 0 aliphatic heterocycles. The number of hydrogen-bond acceptors (Lipinski definition) is 6. The van der Waals surface area contributed by atoms with Crippen LogP contribution in [0.3, 0.4) is 0 Å². The Bertz CT molecular complexity index is 1170. The largest absolute Gasteiger partial charge is 0.469 e. The molecular formula is C20H18N6OS. The highest BCUT2D eigenvalue weighted by molar-refractivity contribution is 7.98. The Labute approximate surface area is 166 Å². The number of benzene rings is 1. The maximum absolute atomic E-state index is 9.61. The number of hydrogen-bond donors (Lipinski definition) is 0. The molecule has 0 atom stereocenters. The quantitative estimate of drug-likeness (QED) is 0.478. The van der Waals surface area contributed by atoms with Gasteiger partial charge in [0.1, 0.15) is 11.8 Å². The van der Waals surface area contributed by atoms with E-state index in [0.29, 0.717) is 11.3 Å². The molecule has 0 aliphatic rings. The molecule has 4 rings (SSSR count). The highest BCUT2D eigenvalue weighted by Gasteiger charge is 2.19. The molecule has 7 nitrogen and oxygen atoms in total. The maximum Gasteiger partial charge on any atom is 0.191 e. The Morgan fingerprint density at radius 3 is 2.61 bits per heavy atom. The molecule has 4 aromatic rings. The number of rotatable bonds is 5. The van der Waals surface area contributed by atoms with Gasteiger partial charge in [0, 0.05) is 12.8 Å². The summed E-state index contributed by atoms with van der Waals surface area (Å²) in [6, 6.07) is 14.0. The van der Waals surface area contributed by atoms with Crippen LogP contribution in [-0.4, -0.2) is 24.5 Å². The van der Waals surface area contributed by atoms with Gasteiger partial charge in [-0.15, -0.1) is 10.2 Å². The molecule has 3 aromatic heterocycles. The summed E-state index contributed by atoms with van der Waals surface area (Å²) in [5.41, 5.74) is 4.01. The zero-order chi connectivity index (χ0) is 19.7. The molecule has 0 saturated carbocycles. The first-order chi connectivity index (χ1) is 13.6. The zero-order valence-electron chi connectivity index (χ0n) is 15.7. The van der Waals surface area contributed by atoms with Gasteiger partial charge in [-0.3, -0.25) is 0 Å². The normalized spacial score (nSPS) is 10.9. The van der Waals surface area contributed by atoms with Gasteiger partial charge < -0.3 is 8.98 Å². The fraction of sp³-hybridized carbons (Fsp3) is 0.200. The van der Waals surface area contributed by atoms with E-state index in [1.54, 1.807) is 6.26 Å². The molecular weight excluding hydrogens is 372 g/mol. The molecule has 140 valence electrons. The summed E-state index contributed by atoms with van der Waals surface area (Å²) in [5, 5.41) is 23.6. The average Bonchev–Trinajstić information content (AvgIpc) is 3.37. The SMILES string of the molecule is Cc1nn(-c2ccccc2)c(CSc2nnc(-c3ccoc3C)n2C)c1C#N. The first kappa shape index (κ1) is 18.1. The Kier molecular flexibility index (Phi) is 4.75. The van der Waals surface area contributed by atoms with Crippen LogP contribution in [0.5, 0.6) is 0 Å². The van der Waals surface area contributed by atoms with Gasteiger partial charge in [0.15, 0.2) is 11.0 Å². The van der Waals surface area contributed by atoms with Gasteiger partial charge >= 0.3 is 0 Å². The number of thioether (sulfide) groups is 1. The Balaban J connectivity index is 1.66. The fourth-order valence-electron chi connectivity index (χ4n) is 3.06. The summed E-state index contributed by atoms with van der Waals surface area (Å²) in [4.78, 5) is 0. The second kappa shape index (κ2) is 7.37. The van der Waals surface area contributed by atoms with Crippen molar-refractivity contribution in [2.24, 2.45) is 7.05 Å². The minimum absolute atomic E-state index is 0.551. The van der Waals surface area contributed by atoms with Crippen molar-refractivity contribution in [3.8, 4) is 23.1 Å². The summed E-state index contributed by atoms with van der Waals surface area (Å²) in [6.07, 6.45) is 1.65. The van der Waals surface area contributed by atoms with Crippen LogP contribution in [0.15, 0.2) is 52.2 Å². The van der Waals surface area contributed by atoms with Gasteiger partial charge in [-0.1, -0.05) is 30.0 Å². The summed E-state index contributed by atoms with van der Waals surface area (Å²) in [7, 11) is 1.93. The molecule has 0 N–H and O–H groups in total. The van der Waals surface area contributed by atoms with E-state index in [4.69, 9.17) is 4.42 Å². The number of nitriles is 1. The second-order valence-corrected chi connectivity index (χ2v) is 7.25. The summed E-state index contributed by atoms with van der Waals surface area (Å²) in [5.74, 6) is 2.10. The molecule has 0 unspecified atom stereocenters. The molecule has 3 heterocycles. The minimum atomic E-state index is 0.551. The molecule has 0 aliphatic carbocycles. The molecule has 0 fully saturated rings. The second-order valence-electron chi connectivity index (χ2n) is 6.31. The topological polar surface area (TPSA) is 85.5 Å². The lowest BCUT2D eigenvalue weighted by Crippen LogP contribution is -2.03. The number of nitrogens with zero attached hydrogens (tertiary/aromatic N) is 6. The lowest BCUT2D eigenvalue weighted by Gasteiger charge is -2.08. The molecule has 1 aromatic carbocycles. The summed E-state index contributed by atoms with van der Waals surface area (Å²) < 4.78 is 9.14. The van der Waals surface area contributed by atoms with E-state index in [1.807, 2.05) is 66.5 Å². The van der Waals surface area contributed by atoms with Gasteiger partial charge in [-0.25, -0.2) is 4.68 Å². The minimum Gasteiger partial charge on any atom is -0.469 e. The van der Waals surface area contributed by atoms with Crippen molar-refractivity contribution in [3.05, 3.63) is 65.4 Å². The molecule has 0 radical (unpaired) electrons. The van der Waals surface area contributed by atoms with Crippen molar-refractivity contribution in [3.63, 3.8) is 0 Å². The third-order valence-electron chi connectivity index (χ3n) is 4.54. The van der Waals surface area contributed by atoms with Crippen molar-refractivity contribution in [2.75, 3.05) is 0 Å². The van der Waals surface area contributed by atoms with Crippen LogP contribution >= 0.6 is 11.8 Å². The lowest BCUT2D eigenvalue weighted by molar-refractivity contribution is 0.534. The van der Waals surface area contributed by atoms with Crippen LogP contribution in [0.4, 0.5) is 0 Å². The Hall–Kier alpha value is -3.31. The molecule has 0 bridgehead atoms. The number of aromatic nitrogens is 5. The van der Waals surface area contributed by atoms with Crippen LogP contribution in [0.2, 0.25) is 0 Å². The monoisotopic (exact) mass is 390 g/mol. The van der Waals surface area contributed by atoms with Crippen molar-refractivity contribution >= 4 is 11.8 Å².